The highest BCUT2D eigenvalue weighted by Crippen LogP contribution is 2.23. The van der Waals surface area contributed by atoms with Gasteiger partial charge in [-0.05, 0) is 19.9 Å². The van der Waals surface area contributed by atoms with Crippen LogP contribution in [0.1, 0.15) is 32.8 Å². The second-order valence-corrected chi connectivity index (χ2v) is 4.23. The van der Waals surface area contributed by atoms with Crippen LogP contribution in [0.25, 0.3) is 0 Å². The van der Waals surface area contributed by atoms with Gasteiger partial charge in [0.1, 0.15) is 17.3 Å². The van der Waals surface area contributed by atoms with E-state index in [9.17, 15) is 4.79 Å². The van der Waals surface area contributed by atoms with Crippen LogP contribution in [-0.4, -0.2) is 19.7 Å². The lowest BCUT2D eigenvalue weighted by atomic mass is 10.1. The summed E-state index contributed by atoms with van der Waals surface area (Å²) in [6.45, 7) is 6.02. The van der Waals surface area contributed by atoms with E-state index in [0.717, 1.165) is 17.1 Å². The zero-order chi connectivity index (χ0) is 15.0. The number of carbonyl (C=O) groups is 1. The van der Waals surface area contributed by atoms with Gasteiger partial charge in [-0.15, -0.1) is 0 Å². The number of para-hydroxylation sites is 1. The van der Waals surface area contributed by atoms with Crippen LogP contribution >= 0.6 is 0 Å². The minimum absolute atomic E-state index is 0.201. The molecule has 0 aromatic heterocycles. The highest BCUT2D eigenvalue weighted by molar-refractivity contribution is 5.73. The molecule has 4 nitrogen and oxygen atoms in total. The molecule has 0 fully saturated rings. The van der Waals surface area contributed by atoms with E-state index in [1.54, 1.807) is 14.0 Å². The lowest BCUT2D eigenvalue weighted by molar-refractivity contribution is -0.142. The highest BCUT2D eigenvalue weighted by atomic mass is 16.5. The van der Waals surface area contributed by atoms with Gasteiger partial charge in [0.25, 0.3) is 0 Å². The number of rotatable bonds is 7. The Kier molecular flexibility index (Phi) is 6.64. The third kappa shape index (κ3) is 4.61. The number of esters is 1. The third-order valence-corrected chi connectivity index (χ3v) is 2.87. The monoisotopic (exact) mass is 278 g/mol. The van der Waals surface area contributed by atoms with Gasteiger partial charge in [-0.25, -0.2) is 0 Å². The van der Waals surface area contributed by atoms with Gasteiger partial charge < -0.3 is 14.2 Å². The van der Waals surface area contributed by atoms with Crippen molar-refractivity contribution in [1.29, 1.82) is 0 Å². The van der Waals surface area contributed by atoms with Crippen LogP contribution in [0, 0.1) is 0 Å². The normalized spacial score (nSPS) is 11.6. The summed E-state index contributed by atoms with van der Waals surface area (Å²) in [6, 6.07) is 7.45. The first-order valence-electron chi connectivity index (χ1n) is 6.77. The topological polar surface area (TPSA) is 44.8 Å². The van der Waals surface area contributed by atoms with Crippen LogP contribution in [0.3, 0.4) is 0 Å². The molecule has 0 bridgehead atoms. The first-order valence-corrected chi connectivity index (χ1v) is 6.77. The van der Waals surface area contributed by atoms with Crippen molar-refractivity contribution in [3.05, 3.63) is 41.3 Å². The Balaban J connectivity index is 2.93. The smallest absolute Gasteiger partial charge is 0.310 e. The average molecular weight is 278 g/mol. The van der Waals surface area contributed by atoms with Crippen molar-refractivity contribution in [1.82, 2.24) is 0 Å². The number of hydrogen-bond acceptors (Lipinski definition) is 4. The Labute approximate surface area is 120 Å². The Bertz CT molecular complexity index is 477. The van der Waals surface area contributed by atoms with Crippen molar-refractivity contribution in [3.63, 3.8) is 0 Å². The molecule has 0 heterocycles. The fourth-order valence-corrected chi connectivity index (χ4v) is 1.76. The summed E-state index contributed by atoms with van der Waals surface area (Å²) in [5.74, 6) is 1.89. The Morgan fingerprint density at radius 3 is 2.50 bits per heavy atom. The summed E-state index contributed by atoms with van der Waals surface area (Å²) in [5.41, 5.74) is 0.806. The van der Waals surface area contributed by atoms with Crippen LogP contribution in [0.5, 0.6) is 5.75 Å². The van der Waals surface area contributed by atoms with E-state index < -0.39 is 0 Å². The molecule has 1 rings (SSSR count). The van der Waals surface area contributed by atoms with Crippen LogP contribution in [0.15, 0.2) is 35.8 Å². The molecule has 0 aliphatic heterocycles. The fraction of sp³-hybridized carbons (Fsp3) is 0.438. The summed E-state index contributed by atoms with van der Waals surface area (Å²) in [6.07, 6.45) is 0.917. The number of benzene rings is 1. The average Bonchev–Trinajstić information content (AvgIpc) is 2.45. The maximum Gasteiger partial charge on any atom is 0.310 e. The zero-order valence-corrected chi connectivity index (χ0v) is 12.6. The van der Waals surface area contributed by atoms with Gasteiger partial charge in [-0.3, -0.25) is 4.79 Å². The first kappa shape index (κ1) is 16.1. The van der Waals surface area contributed by atoms with Crippen LogP contribution in [0.2, 0.25) is 0 Å². The summed E-state index contributed by atoms with van der Waals surface area (Å²) in [7, 11) is 1.61. The Morgan fingerprint density at radius 2 is 1.90 bits per heavy atom. The van der Waals surface area contributed by atoms with Gasteiger partial charge in [0, 0.05) is 12.0 Å². The molecule has 0 atom stereocenters. The molecule has 0 saturated carbocycles. The number of methoxy groups -OCH3 is 1. The molecule has 0 unspecified atom stereocenters. The minimum Gasteiger partial charge on any atom is -0.498 e. The molecular weight excluding hydrogens is 256 g/mol. The molecule has 0 aliphatic carbocycles. The fourth-order valence-electron chi connectivity index (χ4n) is 1.76. The van der Waals surface area contributed by atoms with Crippen LogP contribution in [-0.2, 0) is 20.7 Å². The molecule has 0 amide bonds. The SMILES string of the molecule is CCOC(=O)Cc1ccccc1O/C(CC)=C(/C)OC. The Hall–Kier alpha value is -1.97. The second kappa shape index (κ2) is 8.25. The molecule has 1 aromatic carbocycles. The standard InChI is InChI=1S/C16H22O4/c1-5-14(12(3)18-4)20-15-10-8-7-9-13(15)11-16(17)19-6-2/h7-10H,5-6,11H2,1-4H3/b14-12-. The molecule has 20 heavy (non-hydrogen) atoms. The van der Waals surface area contributed by atoms with E-state index in [1.165, 1.54) is 0 Å². The number of hydrogen-bond donors (Lipinski definition) is 0. The van der Waals surface area contributed by atoms with Gasteiger partial charge >= 0.3 is 5.97 Å². The van der Waals surface area contributed by atoms with Gasteiger partial charge in [0.15, 0.2) is 0 Å². The van der Waals surface area contributed by atoms with E-state index in [4.69, 9.17) is 14.2 Å². The first-order chi connectivity index (χ1) is 9.62. The van der Waals surface area contributed by atoms with Crippen molar-refractivity contribution >= 4 is 5.97 Å². The lowest BCUT2D eigenvalue weighted by Gasteiger charge is -2.14. The van der Waals surface area contributed by atoms with E-state index in [2.05, 4.69) is 0 Å². The van der Waals surface area contributed by atoms with Gasteiger partial charge in [0.2, 0.25) is 0 Å². The van der Waals surface area contributed by atoms with Crippen molar-refractivity contribution in [2.75, 3.05) is 13.7 Å². The van der Waals surface area contributed by atoms with Gasteiger partial charge in [-0.2, -0.15) is 0 Å². The third-order valence-electron chi connectivity index (χ3n) is 2.87. The van der Waals surface area contributed by atoms with Gasteiger partial charge in [-0.1, -0.05) is 25.1 Å². The number of carbonyl (C=O) groups excluding carboxylic acids is 1. The quantitative estimate of drug-likeness (QED) is 0.566. The maximum absolute atomic E-state index is 11.6. The van der Waals surface area contributed by atoms with Crippen LogP contribution < -0.4 is 4.74 Å². The predicted molar refractivity (Wildman–Crippen MR) is 77.4 cm³/mol. The summed E-state index contributed by atoms with van der Waals surface area (Å²) in [4.78, 5) is 11.6. The molecule has 0 radical (unpaired) electrons. The predicted octanol–water partition coefficient (Wildman–Crippen LogP) is 3.46. The zero-order valence-electron chi connectivity index (χ0n) is 12.6. The van der Waals surface area contributed by atoms with E-state index in [1.807, 2.05) is 38.1 Å². The lowest BCUT2D eigenvalue weighted by Crippen LogP contribution is -2.09. The summed E-state index contributed by atoms with van der Waals surface area (Å²) in [5, 5.41) is 0. The molecule has 0 aliphatic rings. The van der Waals surface area contributed by atoms with Crippen LogP contribution in [0.4, 0.5) is 0 Å². The van der Waals surface area contributed by atoms with E-state index in [0.29, 0.717) is 18.8 Å². The van der Waals surface area contributed by atoms with Crippen molar-refractivity contribution in [2.24, 2.45) is 0 Å². The molecule has 0 spiro atoms. The molecular formula is C16H22O4. The highest BCUT2D eigenvalue weighted by Gasteiger charge is 2.12. The van der Waals surface area contributed by atoms with Crippen molar-refractivity contribution in [2.45, 2.75) is 33.6 Å². The molecule has 1 aromatic rings. The van der Waals surface area contributed by atoms with Crippen molar-refractivity contribution < 1.29 is 19.0 Å². The molecule has 110 valence electrons. The Morgan fingerprint density at radius 1 is 1.20 bits per heavy atom. The molecule has 0 N–H and O–H groups in total. The number of allylic oxidation sites excluding steroid dienone is 2. The summed E-state index contributed by atoms with van der Waals surface area (Å²) >= 11 is 0. The van der Waals surface area contributed by atoms with E-state index in [-0.39, 0.29) is 12.4 Å². The molecule has 0 saturated heterocycles. The second-order valence-electron chi connectivity index (χ2n) is 4.23. The minimum atomic E-state index is -0.256. The molecule has 4 heteroatoms. The van der Waals surface area contributed by atoms with Gasteiger partial charge in [0.05, 0.1) is 20.1 Å². The maximum atomic E-state index is 11.6. The van der Waals surface area contributed by atoms with E-state index >= 15 is 0 Å². The number of ether oxygens (including phenoxy) is 3. The van der Waals surface area contributed by atoms with Crippen molar-refractivity contribution in [3.8, 4) is 5.75 Å². The largest absolute Gasteiger partial charge is 0.498 e. The summed E-state index contributed by atoms with van der Waals surface area (Å²) < 4.78 is 16.0.